The van der Waals surface area contributed by atoms with Crippen molar-refractivity contribution in [3.8, 4) is 0 Å². The van der Waals surface area contributed by atoms with Crippen molar-refractivity contribution >= 4 is 23.1 Å². The molecule has 1 aromatic carbocycles. The lowest BCUT2D eigenvalue weighted by atomic mass is 9.81. The van der Waals surface area contributed by atoms with Gasteiger partial charge in [0.1, 0.15) is 0 Å². The first-order valence-electron chi connectivity index (χ1n) is 9.17. The largest absolute Gasteiger partial charge is 0.338 e. The SMILES string of the molecule is O=C(O/N=C1/CCCC[C@H]1c1ccc([N+](=O)[O-])cc1[N+](=O)[O-])C1CCCC1. The third kappa shape index (κ3) is 4.29. The number of non-ortho nitro benzene ring substituents is 1. The Hall–Kier alpha value is -2.84. The second-order valence-corrected chi connectivity index (χ2v) is 7.03. The van der Waals surface area contributed by atoms with Crippen LogP contribution < -0.4 is 0 Å². The minimum absolute atomic E-state index is 0.120. The van der Waals surface area contributed by atoms with Gasteiger partial charge in [0, 0.05) is 17.5 Å². The molecular weight excluding hydrogens is 354 g/mol. The molecule has 0 unspecified atom stereocenters. The third-order valence-electron chi connectivity index (χ3n) is 5.32. The highest BCUT2D eigenvalue weighted by molar-refractivity contribution is 5.92. The highest BCUT2D eigenvalue weighted by Crippen LogP contribution is 2.38. The molecule has 3 rings (SSSR count). The number of hydrogen-bond donors (Lipinski definition) is 0. The molecule has 2 fully saturated rings. The number of nitro benzene ring substituents is 2. The zero-order chi connectivity index (χ0) is 19.4. The quantitative estimate of drug-likeness (QED) is 0.430. The van der Waals surface area contributed by atoms with Crippen LogP contribution in [0.15, 0.2) is 23.4 Å². The maximum Gasteiger partial charge on any atom is 0.338 e. The van der Waals surface area contributed by atoms with Gasteiger partial charge in [0.05, 0.1) is 27.5 Å². The fourth-order valence-electron chi connectivity index (χ4n) is 3.88. The summed E-state index contributed by atoms with van der Waals surface area (Å²) in [5.74, 6) is -0.844. The van der Waals surface area contributed by atoms with Crippen LogP contribution in [0, 0.1) is 26.1 Å². The minimum atomic E-state index is -0.657. The van der Waals surface area contributed by atoms with Crippen LogP contribution in [0.5, 0.6) is 0 Å². The maximum absolute atomic E-state index is 12.1. The molecule has 0 amide bonds. The van der Waals surface area contributed by atoms with Gasteiger partial charge in [0.25, 0.3) is 11.4 Å². The highest BCUT2D eigenvalue weighted by atomic mass is 16.7. The summed E-state index contributed by atoms with van der Waals surface area (Å²) in [4.78, 5) is 38.4. The molecule has 1 atom stereocenters. The number of carbonyl (C=O) groups excluding carboxylic acids is 1. The number of nitrogens with zero attached hydrogens (tertiary/aromatic N) is 3. The van der Waals surface area contributed by atoms with Gasteiger partial charge in [-0.2, -0.15) is 0 Å². The molecule has 9 nitrogen and oxygen atoms in total. The molecular formula is C18H21N3O6. The summed E-state index contributed by atoms with van der Waals surface area (Å²) >= 11 is 0. The first-order chi connectivity index (χ1) is 13.0. The number of rotatable bonds is 5. The Morgan fingerprint density at radius 1 is 1.04 bits per heavy atom. The van der Waals surface area contributed by atoms with Crippen molar-refractivity contribution in [1.29, 1.82) is 0 Å². The lowest BCUT2D eigenvalue weighted by molar-refractivity contribution is -0.394. The number of hydrogen-bond acceptors (Lipinski definition) is 7. The maximum atomic E-state index is 12.1. The summed E-state index contributed by atoms with van der Waals surface area (Å²) in [5, 5.41) is 26.4. The van der Waals surface area contributed by atoms with E-state index in [1.807, 2.05) is 0 Å². The van der Waals surface area contributed by atoms with Crippen LogP contribution in [0.1, 0.15) is 62.8 Å². The molecule has 2 saturated carbocycles. The van der Waals surface area contributed by atoms with Gasteiger partial charge in [-0.1, -0.05) is 24.4 Å². The average Bonchev–Trinajstić information content (AvgIpc) is 3.20. The van der Waals surface area contributed by atoms with Gasteiger partial charge in [0.15, 0.2) is 0 Å². The summed E-state index contributed by atoms with van der Waals surface area (Å²) in [5.41, 5.74) is 0.337. The fraction of sp³-hybridized carbons (Fsp3) is 0.556. The summed E-state index contributed by atoms with van der Waals surface area (Å²) in [6.07, 6.45) is 6.55. The van der Waals surface area contributed by atoms with Crippen molar-refractivity contribution < 1.29 is 19.5 Å². The van der Waals surface area contributed by atoms with E-state index in [2.05, 4.69) is 5.16 Å². The van der Waals surface area contributed by atoms with E-state index in [1.54, 1.807) is 0 Å². The van der Waals surface area contributed by atoms with Gasteiger partial charge >= 0.3 is 5.97 Å². The van der Waals surface area contributed by atoms with Crippen LogP contribution in [-0.2, 0) is 9.63 Å². The lowest BCUT2D eigenvalue weighted by Crippen LogP contribution is -2.21. The van der Waals surface area contributed by atoms with E-state index in [1.165, 1.54) is 12.1 Å². The first-order valence-corrected chi connectivity index (χ1v) is 9.17. The van der Waals surface area contributed by atoms with Crippen molar-refractivity contribution in [2.24, 2.45) is 11.1 Å². The van der Waals surface area contributed by atoms with Crippen LogP contribution >= 0.6 is 0 Å². The van der Waals surface area contributed by atoms with Crippen LogP contribution in [0.4, 0.5) is 11.4 Å². The van der Waals surface area contributed by atoms with Crippen molar-refractivity contribution in [3.63, 3.8) is 0 Å². The predicted molar refractivity (Wildman–Crippen MR) is 96.4 cm³/mol. The topological polar surface area (TPSA) is 125 Å². The van der Waals surface area contributed by atoms with Crippen molar-refractivity contribution in [2.45, 2.75) is 57.3 Å². The van der Waals surface area contributed by atoms with Crippen LogP contribution in [0.2, 0.25) is 0 Å². The molecule has 27 heavy (non-hydrogen) atoms. The number of carbonyl (C=O) groups is 1. The van der Waals surface area contributed by atoms with Gasteiger partial charge < -0.3 is 4.84 Å². The standard InChI is InChI=1S/C18H21N3O6/c22-18(12-5-1-2-6-12)27-19-16-8-4-3-7-14(16)15-10-9-13(20(23)24)11-17(15)21(25)26/h9-12,14H,1-8H2/b19-16-/t14-/m0/s1. The van der Waals surface area contributed by atoms with Gasteiger partial charge in [-0.25, -0.2) is 4.79 Å². The van der Waals surface area contributed by atoms with E-state index < -0.39 is 9.85 Å². The smallest absolute Gasteiger partial charge is 0.318 e. The average molecular weight is 375 g/mol. The monoisotopic (exact) mass is 375 g/mol. The van der Waals surface area contributed by atoms with Gasteiger partial charge in [0.2, 0.25) is 0 Å². The van der Waals surface area contributed by atoms with E-state index in [0.717, 1.165) is 44.6 Å². The van der Waals surface area contributed by atoms with E-state index in [9.17, 15) is 25.0 Å². The number of benzene rings is 1. The molecule has 0 bridgehead atoms. The molecule has 0 heterocycles. The Morgan fingerprint density at radius 3 is 2.41 bits per heavy atom. The molecule has 144 valence electrons. The van der Waals surface area contributed by atoms with Gasteiger partial charge in [-0.3, -0.25) is 20.2 Å². The molecule has 1 aromatic rings. The molecule has 2 aliphatic carbocycles. The molecule has 0 aromatic heterocycles. The zero-order valence-corrected chi connectivity index (χ0v) is 14.8. The molecule has 0 radical (unpaired) electrons. The molecule has 0 spiro atoms. The summed E-state index contributed by atoms with van der Waals surface area (Å²) in [6.45, 7) is 0. The Morgan fingerprint density at radius 2 is 1.74 bits per heavy atom. The van der Waals surface area contributed by atoms with E-state index in [-0.39, 0.29) is 29.2 Å². The Labute approximate surface area is 155 Å². The summed E-state index contributed by atoms with van der Waals surface area (Å²) < 4.78 is 0. The van der Waals surface area contributed by atoms with Gasteiger partial charge in [-0.15, -0.1) is 0 Å². The molecule has 9 heteroatoms. The first kappa shape index (κ1) is 18.9. The molecule has 0 aliphatic heterocycles. The summed E-state index contributed by atoms with van der Waals surface area (Å²) in [7, 11) is 0. The normalized spacial score (nSPS) is 21.9. The zero-order valence-electron chi connectivity index (χ0n) is 14.8. The van der Waals surface area contributed by atoms with Gasteiger partial charge in [-0.05, 0) is 38.2 Å². The van der Waals surface area contributed by atoms with Crippen molar-refractivity contribution in [2.75, 3.05) is 0 Å². The minimum Gasteiger partial charge on any atom is -0.318 e. The van der Waals surface area contributed by atoms with E-state index >= 15 is 0 Å². The Balaban J connectivity index is 1.86. The number of oxime groups is 1. The van der Waals surface area contributed by atoms with Crippen LogP contribution in [0.3, 0.4) is 0 Å². The van der Waals surface area contributed by atoms with Crippen molar-refractivity contribution in [3.05, 3.63) is 44.0 Å². The van der Waals surface area contributed by atoms with Crippen LogP contribution in [0.25, 0.3) is 0 Å². The van der Waals surface area contributed by atoms with E-state index in [0.29, 0.717) is 24.1 Å². The number of nitro groups is 2. The predicted octanol–water partition coefficient (Wildman–Crippen LogP) is 4.25. The molecule has 2 aliphatic rings. The Bertz CT molecular complexity index is 785. The fourth-order valence-corrected chi connectivity index (χ4v) is 3.88. The van der Waals surface area contributed by atoms with Crippen LogP contribution in [-0.4, -0.2) is 21.5 Å². The molecule has 0 saturated heterocycles. The second-order valence-electron chi connectivity index (χ2n) is 7.03. The highest BCUT2D eigenvalue weighted by Gasteiger charge is 2.31. The van der Waals surface area contributed by atoms with E-state index in [4.69, 9.17) is 4.84 Å². The van der Waals surface area contributed by atoms with Crippen molar-refractivity contribution in [1.82, 2.24) is 0 Å². The molecule has 0 N–H and O–H groups in total. The lowest BCUT2D eigenvalue weighted by Gasteiger charge is -2.23. The Kier molecular flexibility index (Phi) is 5.78. The third-order valence-corrected chi connectivity index (χ3v) is 5.32. The second kappa shape index (κ2) is 8.24. The summed E-state index contributed by atoms with van der Waals surface area (Å²) in [6, 6.07) is 3.66.